The first-order chi connectivity index (χ1) is 9.63. The van der Waals surface area contributed by atoms with Crippen molar-refractivity contribution in [3.8, 4) is 11.8 Å². The predicted octanol–water partition coefficient (Wildman–Crippen LogP) is 3.10. The first kappa shape index (κ1) is 17.5. The molecule has 1 saturated heterocycles. The maximum Gasteiger partial charge on any atom is 0.161 e. The minimum atomic E-state index is -0.605. The SMILES string of the molecule is CC#CC(C)(CC(OCC)OCC)OC1CCCCO1. The van der Waals surface area contributed by atoms with Gasteiger partial charge in [-0.1, -0.05) is 5.92 Å². The van der Waals surface area contributed by atoms with Crippen molar-refractivity contribution in [3.05, 3.63) is 0 Å². The third-order valence-electron chi connectivity index (χ3n) is 3.18. The molecule has 4 heteroatoms. The smallest absolute Gasteiger partial charge is 0.161 e. The van der Waals surface area contributed by atoms with E-state index in [0.29, 0.717) is 19.6 Å². The maximum atomic E-state index is 6.09. The first-order valence-electron chi connectivity index (χ1n) is 7.60. The van der Waals surface area contributed by atoms with E-state index in [2.05, 4.69) is 11.8 Å². The highest BCUT2D eigenvalue weighted by Gasteiger charge is 2.32. The van der Waals surface area contributed by atoms with E-state index in [0.717, 1.165) is 25.9 Å². The van der Waals surface area contributed by atoms with Gasteiger partial charge in [-0.25, -0.2) is 0 Å². The molecule has 2 atom stereocenters. The van der Waals surface area contributed by atoms with Gasteiger partial charge in [0.1, 0.15) is 5.60 Å². The molecule has 20 heavy (non-hydrogen) atoms. The van der Waals surface area contributed by atoms with Crippen LogP contribution in [0.2, 0.25) is 0 Å². The van der Waals surface area contributed by atoms with Crippen molar-refractivity contribution < 1.29 is 18.9 Å². The number of hydrogen-bond donors (Lipinski definition) is 0. The second-order valence-corrected chi connectivity index (χ2v) is 5.06. The minimum absolute atomic E-state index is 0.168. The summed E-state index contributed by atoms with van der Waals surface area (Å²) >= 11 is 0. The van der Waals surface area contributed by atoms with Crippen molar-refractivity contribution in [2.75, 3.05) is 19.8 Å². The normalized spacial score (nSPS) is 22.1. The van der Waals surface area contributed by atoms with Crippen molar-refractivity contribution in [2.45, 2.75) is 71.6 Å². The molecule has 0 aromatic rings. The van der Waals surface area contributed by atoms with Crippen LogP contribution in [0.1, 0.15) is 53.4 Å². The quantitative estimate of drug-likeness (QED) is 0.507. The lowest BCUT2D eigenvalue weighted by atomic mass is 10.0. The van der Waals surface area contributed by atoms with Crippen LogP contribution in [0.15, 0.2) is 0 Å². The highest BCUT2D eigenvalue weighted by molar-refractivity contribution is 5.11. The van der Waals surface area contributed by atoms with Crippen LogP contribution in [0.5, 0.6) is 0 Å². The van der Waals surface area contributed by atoms with Gasteiger partial charge in [-0.2, -0.15) is 0 Å². The van der Waals surface area contributed by atoms with Gasteiger partial charge in [0, 0.05) is 26.2 Å². The zero-order valence-corrected chi connectivity index (χ0v) is 13.2. The Morgan fingerprint density at radius 3 is 2.45 bits per heavy atom. The van der Waals surface area contributed by atoms with Gasteiger partial charge in [-0.15, -0.1) is 5.92 Å². The summed E-state index contributed by atoms with van der Waals surface area (Å²) in [4.78, 5) is 0. The Hall–Kier alpha value is -0.600. The number of ether oxygens (including phenoxy) is 4. The van der Waals surface area contributed by atoms with Crippen LogP contribution in [0, 0.1) is 11.8 Å². The Morgan fingerprint density at radius 1 is 1.25 bits per heavy atom. The second-order valence-electron chi connectivity index (χ2n) is 5.06. The van der Waals surface area contributed by atoms with Gasteiger partial charge in [-0.05, 0) is 47.0 Å². The second kappa shape index (κ2) is 9.36. The molecular weight excluding hydrogens is 256 g/mol. The molecule has 1 aliphatic heterocycles. The van der Waals surface area contributed by atoms with Gasteiger partial charge >= 0.3 is 0 Å². The summed E-state index contributed by atoms with van der Waals surface area (Å²) in [6.45, 7) is 9.70. The fourth-order valence-corrected chi connectivity index (χ4v) is 2.34. The summed E-state index contributed by atoms with van der Waals surface area (Å²) in [5.41, 5.74) is -0.605. The van der Waals surface area contributed by atoms with Crippen LogP contribution in [0.3, 0.4) is 0 Å². The lowest BCUT2D eigenvalue weighted by Crippen LogP contribution is -2.39. The van der Waals surface area contributed by atoms with Gasteiger partial charge in [0.15, 0.2) is 12.6 Å². The maximum absolute atomic E-state index is 6.09. The van der Waals surface area contributed by atoms with E-state index < -0.39 is 5.60 Å². The lowest BCUT2D eigenvalue weighted by molar-refractivity contribution is -0.229. The van der Waals surface area contributed by atoms with E-state index >= 15 is 0 Å². The average Bonchev–Trinajstić information content (AvgIpc) is 2.40. The van der Waals surface area contributed by atoms with Crippen LogP contribution in [0.4, 0.5) is 0 Å². The van der Waals surface area contributed by atoms with Gasteiger partial charge in [-0.3, -0.25) is 0 Å². The summed E-state index contributed by atoms with van der Waals surface area (Å²) in [5.74, 6) is 6.09. The number of hydrogen-bond acceptors (Lipinski definition) is 4. The molecule has 0 bridgehead atoms. The highest BCUT2D eigenvalue weighted by Crippen LogP contribution is 2.25. The standard InChI is InChI=1S/C16H28O4/c1-5-11-16(4,13-15(17-6-2)18-7-3)20-14-10-8-9-12-19-14/h14-15H,6-10,12-13H2,1-4H3. The van der Waals surface area contributed by atoms with E-state index in [9.17, 15) is 0 Å². The average molecular weight is 284 g/mol. The summed E-state index contributed by atoms with van der Waals surface area (Å²) in [6.07, 6.45) is 3.29. The highest BCUT2D eigenvalue weighted by atomic mass is 16.7. The lowest BCUT2D eigenvalue weighted by Gasteiger charge is -2.34. The van der Waals surface area contributed by atoms with E-state index in [1.54, 1.807) is 0 Å². The molecule has 0 radical (unpaired) electrons. The van der Waals surface area contributed by atoms with Crippen LogP contribution >= 0.6 is 0 Å². The summed E-state index contributed by atoms with van der Waals surface area (Å²) in [7, 11) is 0. The summed E-state index contributed by atoms with van der Waals surface area (Å²) < 4.78 is 22.9. The van der Waals surface area contributed by atoms with Crippen LogP contribution < -0.4 is 0 Å². The molecule has 0 saturated carbocycles. The fourth-order valence-electron chi connectivity index (χ4n) is 2.34. The zero-order valence-electron chi connectivity index (χ0n) is 13.2. The molecule has 1 heterocycles. The Morgan fingerprint density at radius 2 is 1.95 bits per heavy atom. The topological polar surface area (TPSA) is 36.9 Å². The van der Waals surface area contributed by atoms with Crippen molar-refractivity contribution in [2.24, 2.45) is 0 Å². The largest absolute Gasteiger partial charge is 0.353 e. The first-order valence-corrected chi connectivity index (χ1v) is 7.60. The van der Waals surface area contributed by atoms with Crippen molar-refractivity contribution in [3.63, 3.8) is 0 Å². The van der Waals surface area contributed by atoms with E-state index in [4.69, 9.17) is 18.9 Å². The molecule has 0 spiro atoms. The Bertz CT molecular complexity index is 308. The minimum Gasteiger partial charge on any atom is -0.353 e. The Labute approximate surface area is 123 Å². The van der Waals surface area contributed by atoms with E-state index in [1.807, 2.05) is 27.7 Å². The monoisotopic (exact) mass is 284 g/mol. The van der Waals surface area contributed by atoms with Gasteiger partial charge in [0.2, 0.25) is 0 Å². The fraction of sp³-hybridized carbons (Fsp3) is 0.875. The molecule has 0 aromatic heterocycles. The molecule has 0 aliphatic carbocycles. The third kappa shape index (κ3) is 6.23. The van der Waals surface area contributed by atoms with E-state index in [1.165, 1.54) is 0 Å². The molecule has 4 nitrogen and oxygen atoms in total. The van der Waals surface area contributed by atoms with Crippen LogP contribution in [0.25, 0.3) is 0 Å². The molecule has 2 unspecified atom stereocenters. The van der Waals surface area contributed by atoms with E-state index in [-0.39, 0.29) is 12.6 Å². The van der Waals surface area contributed by atoms with Gasteiger partial charge < -0.3 is 18.9 Å². The molecule has 1 fully saturated rings. The van der Waals surface area contributed by atoms with Crippen molar-refractivity contribution >= 4 is 0 Å². The Balaban J connectivity index is 2.64. The molecule has 1 rings (SSSR count). The van der Waals surface area contributed by atoms with Gasteiger partial charge in [0.05, 0.1) is 0 Å². The third-order valence-corrected chi connectivity index (χ3v) is 3.18. The molecule has 0 amide bonds. The van der Waals surface area contributed by atoms with Crippen molar-refractivity contribution in [1.82, 2.24) is 0 Å². The molecule has 1 aliphatic rings. The predicted molar refractivity (Wildman–Crippen MR) is 78.2 cm³/mol. The number of rotatable bonds is 8. The molecule has 0 aromatic carbocycles. The van der Waals surface area contributed by atoms with Crippen molar-refractivity contribution in [1.29, 1.82) is 0 Å². The Kier molecular flexibility index (Phi) is 8.16. The summed E-state index contributed by atoms with van der Waals surface area (Å²) in [5, 5.41) is 0. The summed E-state index contributed by atoms with van der Waals surface area (Å²) in [6, 6.07) is 0. The molecule has 116 valence electrons. The molecular formula is C16H28O4. The molecule has 0 N–H and O–H groups in total. The van der Waals surface area contributed by atoms with Gasteiger partial charge in [0.25, 0.3) is 0 Å². The van der Waals surface area contributed by atoms with Crippen LogP contribution in [-0.2, 0) is 18.9 Å². The zero-order chi connectivity index (χ0) is 14.8. The van der Waals surface area contributed by atoms with Crippen LogP contribution in [-0.4, -0.2) is 38.0 Å².